The average molecular weight is 297 g/mol. The number of fused-ring (bicyclic) bond motifs is 1. The molecule has 2 aromatic heterocycles. The summed E-state index contributed by atoms with van der Waals surface area (Å²) in [5.74, 6) is 0.715. The molecule has 0 bridgehead atoms. The first-order chi connectivity index (χ1) is 10.5. The van der Waals surface area contributed by atoms with Crippen molar-refractivity contribution in [2.75, 3.05) is 0 Å². The minimum atomic E-state index is -0.609. The number of hydrogen-bond acceptors (Lipinski definition) is 3. The van der Waals surface area contributed by atoms with Gasteiger partial charge in [-0.3, -0.25) is 9.20 Å². The van der Waals surface area contributed by atoms with E-state index in [2.05, 4.69) is 9.97 Å². The van der Waals surface area contributed by atoms with E-state index in [9.17, 15) is 4.79 Å². The minimum absolute atomic E-state index is 0.141. The molecule has 0 radical (unpaired) electrons. The van der Waals surface area contributed by atoms with Crippen LogP contribution in [0, 0.1) is 6.92 Å². The van der Waals surface area contributed by atoms with Gasteiger partial charge in [0, 0.05) is 11.9 Å². The molecule has 114 valence electrons. The molecule has 0 saturated heterocycles. The van der Waals surface area contributed by atoms with Gasteiger partial charge in [0.25, 0.3) is 5.56 Å². The van der Waals surface area contributed by atoms with Crippen LogP contribution < -0.4 is 5.56 Å². The second-order valence-corrected chi connectivity index (χ2v) is 5.89. The molecule has 0 amide bonds. The highest BCUT2D eigenvalue weighted by molar-refractivity contribution is 5.44. The number of aromatic nitrogens is 3. The molecule has 2 heterocycles. The number of nitrogens with zero attached hydrogens (tertiary/aromatic N) is 2. The van der Waals surface area contributed by atoms with Crippen LogP contribution in [-0.2, 0) is 16.9 Å². The Hall–Kier alpha value is -2.40. The van der Waals surface area contributed by atoms with Gasteiger partial charge in [-0.15, -0.1) is 0 Å². The van der Waals surface area contributed by atoms with Gasteiger partial charge in [-0.2, -0.15) is 0 Å². The maximum absolute atomic E-state index is 12.0. The van der Waals surface area contributed by atoms with E-state index in [4.69, 9.17) is 4.74 Å². The summed E-state index contributed by atoms with van der Waals surface area (Å²) in [5, 5.41) is 0. The standard InChI is InChI=1S/C17H19N3O2/c1-12-10-20-14(15(21)19-12)9-18-16(20)17(2,3)22-11-13-7-5-4-6-8-13/h4-10H,11H2,1-3H3,(H,19,21). The zero-order valence-electron chi connectivity index (χ0n) is 13.0. The largest absolute Gasteiger partial charge is 0.363 e. The van der Waals surface area contributed by atoms with E-state index in [0.717, 1.165) is 11.3 Å². The second kappa shape index (κ2) is 5.42. The fraction of sp³-hybridized carbons (Fsp3) is 0.294. The van der Waals surface area contributed by atoms with E-state index >= 15 is 0 Å². The Morgan fingerprint density at radius 3 is 2.73 bits per heavy atom. The van der Waals surface area contributed by atoms with Crippen molar-refractivity contribution in [1.29, 1.82) is 0 Å². The Morgan fingerprint density at radius 1 is 1.27 bits per heavy atom. The molecule has 0 aliphatic heterocycles. The van der Waals surface area contributed by atoms with Crippen molar-refractivity contribution in [3.63, 3.8) is 0 Å². The number of hydrogen-bond donors (Lipinski definition) is 1. The molecule has 5 nitrogen and oxygen atoms in total. The highest BCUT2D eigenvalue weighted by atomic mass is 16.5. The van der Waals surface area contributed by atoms with Crippen LogP contribution >= 0.6 is 0 Å². The van der Waals surface area contributed by atoms with Crippen molar-refractivity contribution < 1.29 is 4.74 Å². The summed E-state index contributed by atoms with van der Waals surface area (Å²) in [6, 6.07) is 9.99. The summed E-state index contributed by atoms with van der Waals surface area (Å²) in [5.41, 5.74) is 1.67. The zero-order valence-corrected chi connectivity index (χ0v) is 13.0. The number of ether oxygens (including phenoxy) is 1. The summed E-state index contributed by atoms with van der Waals surface area (Å²) in [6.07, 6.45) is 3.45. The molecule has 3 aromatic rings. The lowest BCUT2D eigenvalue weighted by Crippen LogP contribution is -2.25. The fourth-order valence-corrected chi connectivity index (χ4v) is 2.48. The van der Waals surface area contributed by atoms with Gasteiger partial charge in [-0.05, 0) is 26.3 Å². The third-order valence-electron chi connectivity index (χ3n) is 3.64. The summed E-state index contributed by atoms with van der Waals surface area (Å²) in [7, 11) is 0. The number of aromatic amines is 1. The van der Waals surface area contributed by atoms with Gasteiger partial charge >= 0.3 is 0 Å². The summed E-state index contributed by atoms with van der Waals surface area (Å²) in [6.45, 7) is 6.26. The first-order valence-corrected chi connectivity index (χ1v) is 7.23. The lowest BCUT2D eigenvalue weighted by molar-refractivity contribution is -0.0403. The summed E-state index contributed by atoms with van der Waals surface area (Å²) in [4.78, 5) is 19.1. The SMILES string of the molecule is Cc1cn2c(C(C)(C)OCc3ccccc3)ncc2c(=O)[nH]1. The van der Waals surface area contributed by atoms with Gasteiger partial charge in [0.05, 0.1) is 12.8 Å². The first kappa shape index (κ1) is 14.5. The van der Waals surface area contributed by atoms with Gasteiger partial charge < -0.3 is 9.72 Å². The van der Waals surface area contributed by atoms with E-state index in [1.165, 1.54) is 0 Å². The molecule has 3 rings (SSSR count). The molecule has 0 saturated carbocycles. The normalized spacial score (nSPS) is 12.0. The number of rotatable bonds is 4. The molecule has 1 N–H and O–H groups in total. The Morgan fingerprint density at radius 2 is 2.00 bits per heavy atom. The molecule has 0 spiro atoms. The number of nitrogens with one attached hydrogen (secondary N) is 1. The fourth-order valence-electron chi connectivity index (χ4n) is 2.48. The van der Waals surface area contributed by atoms with E-state index in [0.29, 0.717) is 17.9 Å². The van der Waals surface area contributed by atoms with E-state index in [1.807, 2.05) is 57.3 Å². The maximum atomic E-state index is 12.0. The lowest BCUT2D eigenvalue weighted by Gasteiger charge is -2.24. The molecular formula is C17H19N3O2. The minimum Gasteiger partial charge on any atom is -0.363 e. The number of aryl methyl sites for hydroxylation is 1. The van der Waals surface area contributed by atoms with E-state index in [-0.39, 0.29) is 5.56 Å². The molecule has 0 unspecified atom stereocenters. The van der Waals surface area contributed by atoms with Crippen LogP contribution in [-0.4, -0.2) is 14.4 Å². The van der Waals surface area contributed by atoms with Crippen LogP contribution in [0.2, 0.25) is 0 Å². The van der Waals surface area contributed by atoms with Crippen molar-refractivity contribution >= 4 is 5.52 Å². The van der Waals surface area contributed by atoms with Gasteiger partial charge in [-0.1, -0.05) is 30.3 Å². The summed E-state index contributed by atoms with van der Waals surface area (Å²) >= 11 is 0. The Labute approximate surface area is 128 Å². The van der Waals surface area contributed by atoms with Gasteiger partial charge in [0.2, 0.25) is 0 Å². The van der Waals surface area contributed by atoms with E-state index < -0.39 is 5.60 Å². The van der Waals surface area contributed by atoms with Crippen molar-refractivity contribution in [2.45, 2.75) is 33.0 Å². The van der Waals surface area contributed by atoms with Crippen LogP contribution in [0.1, 0.15) is 30.9 Å². The van der Waals surface area contributed by atoms with Crippen LogP contribution in [0.4, 0.5) is 0 Å². The Kier molecular flexibility index (Phi) is 3.58. The van der Waals surface area contributed by atoms with Crippen LogP contribution in [0.25, 0.3) is 5.52 Å². The third-order valence-corrected chi connectivity index (χ3v) is 3.64. The van der Waals surface area contributed by atoms with Gasteiger partial charge in [0.1, 0.15) is 16.9 Å². The highest BCUT2D eigenvalue weighted by Gasteiger charge is 2.27. The molecule has 5 heteroatoms. The van der Waals surface area contributed by atoms with Crippen molar-refractivity contribution in [3.05, 3.63) is 70.2 Å². The number of H-pyrrole nitrogens is 1. The molecular weight excluding hydrogens is 278 g/mol. The maximum Gasteiger partial charge on any atom is 0.274 e. The van der Waals surface area contributed by atoms with Crippen molar-refractivity contribution in [3.8, 4) is 0 Å². The third kappa shape index (κ3) is 2.67. The van der Waals surface area contributed by atoms with Crippen LogP contribution in [0.15, 0.2) is 47.5 Å². The average Bonchev–Trinajstić information content (AvgIpc) is 2.91. The Bertz CT molecular complexity index is 847. The number of imidazole rings is 1. The smallest absolute Gasteiger partial charge is 0.274 e. The lowest BCUT2D eigenvalue weighted by atomic mass is 10.1. The van der Waals surface area contributed by atoms with Gasteiger partial charge in [0.15, 0.2) is 0 Å². The second-order valence-electron chi connectivity index (χ2n) is 5.89. The highest BCUT2D eigenvalue weighted by Crippen LogP contribution is 2.25. The molecule has 0 aliphatic carbocycles. The van der Waals surface area contributed by atoms with Gasteiger partial charge in [-0.25, -0.2) is 4.98 Å². The topological polar surface area (TPSA) is 59.4 Å². The molecule has 1 aromatic carbocycles. The monoisotopic (exact) mass is 297 g/mol. The predicted molar refractivity (Wildman–Crippen MR) is 84.8 cm³/mol. The van der Waals surface area contributed by atoms with Crippen molar-refractivity contribution in [2.24, 2.45) is 0 Å². The Balaban J connectivity index is 1.93. The quantitative estimate of drug-likeness (QED) is 0.805. The van der Waals surface area contributed by atoms with E-state index in [1.54, 1.807) is 10.6 Å². The molecule has 0 atom stereocenters. The molecule has 0 aliphatic rings. The van der Waals surface area contributed by atoms with Crippen molar-refractivity contribution in [1.82, 2.24) is 14.4 Å². The molecule has 0 fully saturated rings. The van der Waals surface area contributed by atoms with Crippen LogP contribution in [0.5, 0.6) is 0 Å². The zero-order chi connectivity index (χ0) is 15.7. The summed E-state index contributed by atoms with van der Waals surface area (Å²) < 4.78 is 7.86. The van der Waals surface area contributed by atoms with Crippen LogP contribution in [0.3, 0.4) is 0 Å². The predicted octanol–water partition coefficient (Wildman–Crippen LogP) is 2.78. The number of benzene rings is 1. The first-order valence-electron chi connectivity index (χ1n) is 7.23. The molecule has 22 heavy (non-hydrogen) atoms.